The molecule has 6 heteroatoms. The summed E-state index contributed by atoms with van der Waals surface area (Å²) in [6.45, 7) is 12.7. The van der Waals surface area contributed by atoms with E-state index in [0.717, 1.165) is 27.7 Å². The van der Waals surface area contributed by atoms with Crippen molar-refractivity contribution in [1.29, 1.82) is 0 Å². The van der Waals surface area contributed by atoms with E-state index in [1.165, 1.54) is 0 Å². The largest absolute Gasteiger partial charge is 0.492 e. The lowest BCUT2D eigenvalue weighted by atomic mass is 9.76. The van der Waals surface area contributed by atoms with Crippen molar-refractivity contribution in [2.24, 2.45) is 0 Å². The second-order valence-corrected chi connectivity index (χ2v) is 9.03. The molecule has 0 atom stereocenters. The van der Waals surface area contributed by atoms with E-state index in [0.29, 0.717) is 0 Å². The molecule has 2 aromatic rings. The van der Waals surface area contributed by atoms with Crippen LogP contribution in [0.3, 0.4) is 0 Å². The topological polar surface area (TPSA) is 56.8 Å². The Labute approximate surface area is 185 Å². The second kappa shape index (κ2) is 9.29. The number of carbonyl (C=O) groups excluding carboxylic acids is 1. The minimum atomic E-state index is -0.557. The summed E-state index contributed by atoms with van der Waals surface area (Å²) in [7, 11) is -0.557. The molecule has 0 spiro atoms. The molecule has 1 aliphatic heterocycles. The molecule has 0 aromatic heterocycles. The zero-order valence-corrected chi connectivity index (χ0v) is 19.3. The van der Waals surface area contributed by atoms with Crippen LogP contribution in [0.2, 0.25) is 0 Å². The molecule has 1 aliphatic rings. The van der Waals surface area contributed by atoms with Gasteiger partial charge in [0.2, 0.25) is 0 Å². The van der Waals surface area contributed by atoms with Gasteiger partial charge >= 0.3 is 13.2 Å². The first-order chi connectivity index (χ1) is 14.6. The van der Waals surface area contributed by atoms with Crippen LogP contribution >= 0.6 is 0 Å². The van der Waals surface area contributed by atoms with Gasteiger partial charge in [-0.3, -0.25) is 0 Å². The van der Waals surface area contributed by atoms with Gasteiger partial charge in [-0.05, 0) is 69.3 Å². The van der Waals surface area contributed by atoms with Crippen molar-refractivity contribution in [3.05, 3.63) is 76.3 Å². The molecular formula is C25H32BNO4. The Morgan fingerprint density at radius 2 is 1.55 bits per heavy atom. The fraction of sp³-hybridized carbons (Fsp3) is 0.400. The first-order valence-electron chi connectivity index (χ1n) is 10.7. The maximum atomic E-state index is 12.3. The molecule has 1 N–H and O–H groups in total. The summed E-state index contributed by atoms with van der Waals surface area (Å²) in [5, 5.41) is 2.85. The number of hydrogen-bond acceptors (Lipinski definition) is 4. The van der Waals surface area contributed by atoms with Gasteiger partial charge in [-0.25, -0.2) is 4.79 Å². The Balaban J connectivity index is 1.77. The molecular weight excluding hydrogens is 389 g/mol. The number of rotatable bonds is 6. The van der Waals surface area contributed by atoms with Crippen molar-refractivity contribution in [3.8, 4) is 0 Å². The summed E-state index contributed by atoms with van der Waals surface area (Å²) >= 11 is 0. The van der Waals surface area contributed by atoms with Crippen molar-refractivity contribution in [1.82, 2.24) is 5.32 Å². The number of alkyl carbamates (subject to hydrolysis) is 1. The molecule has 0 saturated carbocycles. The highest BCUT2D eigenvalue weighted by Gasteiger charge is 2.52. The highest BCUT2D eigenvalue weighted by Crippen LogP contribution is 2.39. The number of nitrogens with one attached hydrogen (secondary N) is 1. The van der Waals surface area contributed by atoms with Crippen LogP contribution in [0.4, 0.5) is 4.79 Å². The van der Waals surface area contributed by atoms with Gasteiger partial charge in [-0.2, -0.15) is 0 Å². The Bertz CT molecular complexity index is 917. The minimum Gasteiger partial charge on any atom is -0.445 e. The lowest BCUT2D eigenvalue weighted by molar-refractivity contribution is 0.00578. The molecule has 0 unspecified atom stereocenters. The molecule has 5 nitrogen and oxygen atoms in total. The van der Waals surface area contributed by atoms with Crippen molar-refractivity contribution in [2.45, 2.75) is 59.4 Å². The Morgan fingerprint density at radius 3 is 2.13 bits per heavy atom. The fourth-order valence-corrected chi connectivity index (χ4v) is 3.39. The zero-order valence-electron chi connectivity index (χ0n) is 19.3. The smallest absolute Gasteiger partial charge is 0.445 e. The van der Waals surface area contributed by atoms with E-state index in [4.69, 9.17) is 14.0 Å². The van der Waals surface area contributed by atoms with Crippen molar-refractivity contribution < 1.29 is 18.8 Å². The molecule has 1 fully saturated rings. The van der Waals surface area contributed by atoms with E-state index in [1.54, 1.807) is 0 Å². The quantitative estimate of drug-likeness (QED) is 0.648. The third kappa shape index (κ3) is 5.57. The van der Waals surface area contributed by atoms with Crippen LogP contribution in [0.1, 0.15) is 49.9 Å². The Morgan fingerprint density at radius 1 is 0.968 bits per heavy atom. The standard InChI is InChI=1S/C25H32BNO4/c1-18-11-10-12-19(2)22(18)15-21(26-30-24(3,4)25(5,6)31-26)16-27-23(28)29-17-20-13-8-7-9-14-20/h7-15H,16-17H2,1-6H3,(H,27,28). The van der Waals surface area contributed by atoms with Gasteiger partial charge in [0.25, 0.3) is 0 Å². The van der Waals surface area contributed by atoms with Gasteiger partial charge < -0.3 is 19.4 Å². The van der Waals surface area contributed by atoms with Crippen molar-refractivity contribution in [3.63, 3.8) is 0 Å². The molecule has 0 bridgehead atoms. The number of carbonyl (C=O) groups is 1. The third-order valence-electron chi connectivity index (χ3n) is 6.08. The van der Waals surface area contributed by atoms with Crippen LogP contribution in [0, 0.1) is 13.8 Å². The van der Waals surface area contributed by atoms with E-state index < -0.39 is 24.4 Å². The molecule has 0 aliphatic carbocycles. The van der Waals surface area contributed by atoms with Gasteiger partial charge in [-0.1, -0.05) is 54.6 Å². The van der Waals surface area contributed by atoms with E-state index in [2.05, 4.69) is 37.4 Å². The number of benzene rings is 2. The molecule has 0 radical (unpaired) electrons. The number of hydrogen-bond donors (Lipinski definition) is 1. The average molecular weight is 421 g/mol. The van der Waals surface area contributed by atoms with E-state index in [1.807, 2.05) is 64.1 Å². The Kier molecular flexibility index (Phi) is 6.92. The van der Waals surface area contributed by atoms with Gasteiger partial charge in [0, 0.05) is 6.54 Å². The third-order valence-corrected chi connectivity index (χ3v) is 6.08. The highest BCUT2D eigenvalue weighted by atomic mass is 16.7. The van der Waals surface area contributed by atoms with E-state index in [-0.39, 0.29) is 13.2 Å². The van der Waals surface area contributed by atoms with Crippen LogP contribution in [0.5, 0.6) is 0 Å². The van der Waals surface area contributed by atoms with Crippen molar-refractivity contribution >= 4 is 19.3 Å². The summed E-state index contributed by atoms with van der Waals surface area (Å²) in [4.78, 5) is 12.3. The lowest BCUT2D eigenvalue weighted by Crippen LogP contribution is -2.41. The maximum absolute atomic E-state index is 12.3. The molecule has 164 valence electrons. The Hall–Kier alpha value is -2.57. The number of ether oxygens (including phenoxy) is 1. The van der Waals surface area contributed by atoms with Crippen LogP contribution in [-0.2, 0) is 20.7 Å². The summed E-state index contributed by atoms with van der Waals surface area (Å²) in [5.74, 6) is 0. The molecule has 2 aromatic carbocycles. The second-order valence-electron chi connectivity index (χ2n) is 9.03. The molecule has 1 saturated heterocycles. The van der Waals surface area contributed by atoms with Gasteiger partial charge in [0.15, 0.2) is 0 Å². The maximum Gasteiger partial charge on any atom is 0.492 e. The average Bonchev–Trinajstić information content (AvgIpc) is 2.93. The van der Waals surface area contributed by atoms with Crippen LogP contribution in [-0.4, -0.2) is 31.0 Å². The predicted octanol–water partition coefficient (Wildman–Crippen LogP) is 5.24. The summed E-state index contributed by atoms with van der Waals surface area (Å²) in [6, 6.07) is 15.8. The van der Waals surface area contributed by atoms with Gasteiger partial charge in [-0.15, -0.1) is 0 Å². The number of aryl methyl sites for hydroxylation is 2. The van der Waals surface area contributed by atoms with Gasteiger partial charge in [0.05, 0.1) is 11.2 Å². The summed E-state index contributed by atoms with van der Waals surface area (Å²) in [5.41, 5.74) is 4.26. The monoisotopic (exact) mass is 421 g/mol. The highest BCUT2D eigenvalue weighted by molar-refractivity contribution is 6.56. The predicted molar refractivity (Wildman–Crippen MR) is 125 cm³/mol. The first kappa shape index (κ1) is 23.1. The fourth-order valence-electron chi connectivity index (χ4n) is 3.39. The summed E-state index contributed by atoms with van der Waals surface area (Å²) in [6.07, 6.45) is 1.58. The first-order valence-corrected chi connectivity index (χ1v) is 10.7. The van der Waals surface area contributed by atoms with E-state index >= 15 is 0 Å². The zero-order chi connectivity index (χ0) is 22.6. The SMILES string of the molecule is Cc1cccc(C)c1C=C(CNC(=O)OCc1ccccc1)B1OC(C)(C)C(C)(C)O1. The van der Waals surface area contributed by atoms with Crippen LogP contribution < -0.4 is 5.32 Å². The number of amides is 1. The normalized spacial score (nSPS) is 17.5. The minimum absolute atomic E-state index is 0.221. The van der Waals surface area contributed by atoms with Crippen LogP contribution in [0.15, 0.2) is 54.0 Å². The van der Waals surface area contributed by atoms with Gasteiger partial charge in [0.1, 0.15) is 6.61 Å². The molecule has 3 rings (SSSR count). The molecule has 31 heavy (non-hydrogen) atoms. The molecule has 1 heterocycles. The summed E-state index contributed by atoms with van der Waals surface area (Å²) < 4.78 is 17.9. The van der Waals surface area contributed by atoms with Crippen molar-refractivity contribution in [2.75, 3.05) is 6.54 Å². The van der Waals surface area contributed by atoms with Crippen LogP contribution in [0.25, 0.3) is 6.08 Å². The van der Waals surface area contributed by atoms with E-state index in [9.17, 15) is 4.79 Å². The molecule has 1 amide bonds. The lowest BCUT2D eigenvalue weighted by Gasteiger charge is -2.32.